The van der Waals surface area contributed by atoms with Gasteiger partial charge in [-0.1, -0.05) is 6.07 Å². The predicted molar refractivity (Wildman–Crippen MR) is 128 cm³/mol. The number of para-hydroxylation sites is 1. The zero-order valence-corrected chi connectivity index (χ0v) is 20.3. The Hall–Kier alpha value is -4.11. The van der Waals surface area contributed by atoms with Gasteiger partial charge in [0.05, 0.1) is 31.9 Å². The van der Waals surface area contributed by atoms with Crippen molar-refractivity contribution in [1.82, 2.24) is 20.4 Å². The lowest BCUT2D eigenvalue weighted by molar-refractivity contribution is -0.521. The molecular formula is C23H29N8O7+. The van der Waals surface area contributed by atoms with Gasteiger partial charge in [0, 0.05) is 19.3 Å². The largest absolute Gasteiger partial charge is 0.490 e. The number of likely N-dealkylation sites (tertiary alicyclic amines) is 1. The van der Waals surface area contributed by atoms with Crippen LogP contribution in [-0.2, 0) is 9.59 Å². The van der Waals surface area contributed by atoms with E-state index in [9.17, 15) is 24.6 Å². The van der Waals surface area contributed by atoms with Crippen molar-refractivity contribution in [3.8, 4) is 11.5 Å². The molecule has 9 N–H and O–H groups in total. The van der Waals surface area contributed by atoms with Crippen molar-refractivity contribution in [2.45, 2.75) is 48.8 Å². The highest BCUT2D eigenvalue weighted by Crippen LogP contribution is 2.42. The molecule has 6 rings (SSSR count). The summed E-state index contributed by atoms with van der Waals surface area (Å²) in [4.78, 5) is 47.9. The Morgan fingerprint density at radius 3 is 2.71 bits per heavy atom. The number of aliphatic imine (C=N–C) groups is 1. The van der Waals surface area contributed by atoms with Gasteiger partial charge in [0.2, 0.25) is 17.6 Å². The third kappa shape index (κ3) is 3.38. The normalized spacial score (nSPS) is 31.2. The second-order valence-corrected chi connectivity index (χ2v) is 9.93. The maximum Gasteiger partial charge on any atom is 0.343 e. The second kappa shape index (κ2) is 8.46. The molecule has 3 amide bonds. The first-order valence-corrected chi connectivity index (χ1v) is 12.4. The number of benzene rings is 1. The van der Waals surface area contributed by atoms with Crippen LogP contribution in [0.4, 0.5) is 0 Å². The summed E-state index contributed by atoms with van der Waals surface area (Å²) in [6.45, 7) is 0.555. The van der Waals surface area contributed by atoms with E-state index in [1.54, 1.807) is 18.2 Å². The number of amides is 3. The Labute approximate surface area is 216 Å². The van der Waals surface area contributed by atoms with Gasteiger partial charge in [-0.25, -0.2) is 10.3 Å². The monoisotopic (exact) mass is 529 g/mol. The maximum atomic E-state index is 13.4. The molecule has 0 bridgehead atoms. The SMILES string of the molecule is NC1=N[C@@H](CN2C(=O)CCC2=O)[C@@H]2[NH+]=C(N)NC23N1CC(NC(=O)c1cccc2c1OCCCO2)C3(O)O. The minimum Gasteiger partial charge on any atom is -0.490 e. The highest BCUT2D eigenvalue weighted by Gasteiger charge is 2.76. The van der Waals surface area contributed by atoms with Gasteiger partial charge in [-0.2, -0.15) is 0 Å². The molecular weight excluding hydrogens is 500 g/mol. The van der Waals surface area contributed by atoms with Crippen LogP contribution in [-0.4, -0.2) is 106 Å². The van der Waals surface area contributed by atoms with Gasteiger partial charge < -0.3 is 30.7 Å². The number of guanidine groups is 2. The smallest absolute Gasteiger partial charge is 0.343 e. The quantitative estimate of drug-likeness (QED) is 0.144. The predicted octanol–water partition coefficient (Wildman–Crippen LogP) is -5.15. The van der Waals surface area contributed by atoms with Crippen molar-refractivity contribution in [3.05, 3.63) is 23.8 Å². The van der Waals surface area contributed by atoms with Crippen LogP contribution in [0.1, 0.15) is 29.6 Å². The van der Waals surface area contributed by atoms with Crippen LogP contribution in [0, 0.1) is 0 Å². The van der Waals surface area contributed by atoms with Crippen molar-refractivity contribution < 1.29 is 39.1 Å². The first kappa shape index (κ1) is 24.2. The molecule has 15 heteroatoms. The summed E-state index contributed by atoms with van der Waals surface area (Å²) in [6.07, 6.45) is 0.851. The zero-order valence-electron chi connectivity index (χ0n) is 20.3. The number of hydrogen-bond acceptors (Lipinski definition) is 12. The topological polar surface area (TPSA) is 219 Å². The summed E-state index contributed by atoms with van der Waals surface area (Å²) in [5.74, 6) is -3.28. The highest BCUT2D eigenvalue weighted by molar-refractivity contribution is 6.02. The number of fused-ring (bicyclic) bond motifs is 1. The minimum absolute atomic E-state index is 0.0207. The van der Waals surface area contributed by atoms with Crippen LogP contribution in [0.5, 0.6) is 11.5 Å². The molecule has 0 saturated carbocycles. The molecule has 4 atom stereocenters. The first-order valence-electron chi connectivity index (χ1n) is 12.4. The number of hydrogen-bond donors (Lipinski definition) is 7. The van der Waals surface area contributed by atoms with Gasteiger partial charge in [-0.3, -0.25) is 34.9 Å². The summed E-state index contributed by atoms with van der Waals surface area (Å²) in [7, 11) is 0. The first-order chi connectivity index (χ1) is 18.1. The van der Waals surface area contributed by atoms with E-state index in [1.807, 2.05) is 0 Å². The Kier molecular flexibility index (Phi) is 5.39. The molecule has 5 heterocycles. The summed E-state index contributed by atoms with van der Waals surface area (Å²) in [5, 5.41) is 28.8. The van der Waals surface area contributed by atoms with Crippen LogP contribution < -0.4 is 36.6 Å². The molecule has 1 aromatic carbocycles. The van der Waals surface area contributed by atoms with Crippen LogP contribution in [0.15, 0.2) is 23.2 Å². The van der Waals surface area contributed by atoms with Crippen molar-refractivity contribution in [2.75, 3.05) is 26.3 Å². The van der Waals surface area contributed by atoms with E-state index >= 15 is 0 Å². The van der Waals surface area contributed by atoms with E-state index in [2.05, 4.69) is 20.6 Å². The molecule has 0 aliphatic carbocycles. The van der Waals surface area contributed by atoms with Crippen LogP contribution in [0.3, 0.4) is 0 Å². The number of ether oxygens (including phenoxy) is 2. The van der Waals surface area contributed by atoms with E-state index in [0.29, 0.717) is 25.4 Å². The lowest BCUT2D eigenvalue weighted by Crippen LogP contribution is -2.90. The number of imide groups is 1. The molecule has 2 saturated heterocycles. The lowest BCUT2D eigenvalue weighted by atomic mass is 9.84. The maximum absolute atomic E-state index is 13.4. The minimum atomic E-state index is -2.64. The molecule has 15 nitrogen and oxygen atoms in total. The number of carbonyl (C=O) groups excluding carboxylic acids is 3. The standard InChI is InChI=1S/C23H28N8O7/c24-20-28-18-12(9-30-15(32)5-6-16(30)33)26-21(25)31-10-14(23(35,36)22(18,31)29-20)27-19(34)11-3-1-4-13-17(11)38-8-2-7-37-13/h1,3-4,12,14,18,35-36H,2,5-10H2,(H2,25,26)(H,27,34)(H3,24,28,29)/p+1/t12-,14?,18-,22?/m0/s1. The van der Waals surface area contributed by atoms with Crippen molar-refractivity contribution in [2.24, 2.45) is 16.5 Å². The molecule has 38 heavy (non-hydrogen) atoms. The summed E-state index contributed by atoms with van der Waals surface area (Å²) < 4.78 is 11.4. The van der Waals surface area contributed by atoms with Crippen molar-refractivity contribution in [1.29, 1.82) is 0 Å². The fourth-order valence-electron chi connectivity index (χ4n) is 5.94. The molecule has 2 fully saturated rings. The second-order valence-electron chi connectivity index (χ2n) is 9.93. The Morgan fingerprint density at radius 2 is 1.95 bits per heavy atom. The van der Waals surface area contributed by atoms with Gasteiger partial charge in [0.15, 0.2) is 23.5 Å². The number of aliphatic hydroxyl groups is 2. The van der Waals surface area contributed by atoms with Gasteiger partial charge in [-0.05, 0) is 12.1 Å². The Morgan fingerprint density at radius 1 is 1.21 bits per heavy atom. The molecule has 5 aliphatic rings. The third-order valence-electron chi connectivity index (χ3n) is 7.73. The fraction of sp³-hybridized carbons (Fsp3) is 0.522. The Bertz CT molecular complexity index is 1270. The summed E-state index contributed by atoms with van der Waals surface area (Å²) in [5.41, 5.74) is 10.8. The molecule has 0 aromatic heterocycles. The molecule has 2 unspecified atom stereocenters. The van der Waals surface area contributed by atoms with Crippen LogP contribution in [0.2, 0.25) is 0 Å². The number of carbonyl (C=O) groups is 3. The van der Waals surface area contributed by atoms with Gasteiger partial charge in [0.1, 0.15) is 12.1 Å². The lowest BCUT2D eigenvalue weighted by Gasteiger charge is -2.46. The summed E-state index contributed by atoms with van der Waals surface area (Å²) >= 11 is 0. The average molecular weight is 530 g/mol. The Balaban J connectivity index is 1.31. The van der Waals surface area contributed by atoms with E-state index in [1.165, 1.54) is 4.90 Å². The molecule has 1 aromatic rings. The molecule has 0 radical (unpaired) electrons. The van der Waals surface area contributed by atoms with E-state index in [-0.39, 0.29) is 61.0 Å². The number of nitrogens with one attached hydrogen (secondary N) is 3. The van der Waals surface area contributed by atoms with Gasteiger partial charge in [0.25, 0.3) is 11.6 Å². The van der Waals surface area contributed by atoms with Crippen molar-refractivity contribution in [3.63, 3.8) is 0 Å². The third-order valence-corrected chi connectivity index (χ3v) is 7.73. The average Bonchev–Trinajstić information content (AvgIpc) is 3.37. The number of nitrogens with zero attached hydrogens (tertiary/aromatic N) is 3. The zero-order chi connectivity index (χ0) is 26.8. The van der Waals surface area contributed by atoms with E-state index in [0.717, 1.165) is 4.90 Å². The number of nitrogens with two attached hydrogens (primary N) is 2. The fourth-order valence-corrected chi connectivity index (χ4v) is 5.94. The van der Waals surface area contributed by atoms with E-state index in [4.69, 9.17) is 20.9 Å². The van der Waals surface area contributed by atoms with Gasteiger partial charge >= 0.3 is 5.96 Å². The molecule has 5 aliphatic heterocycles. The van der Waals surface area contributed by atoms with Crippen LogP contribution in [0.25, 0.3) is 0 Å². The van der Waals surface area contributed by atoms with Crippen LogP contribution >= 0.6 is 0 Å². The molecule has 202 valence electrons. The summed E-state index contributed by atoms with van der Waals surface area (Å²) in [6, 6.07) is 1.86. The molecule has 1 spiro atoms. The van der Waals surface area contributed by atoms with Crippen molar-refractivity contribution >= 4 is 29.6 Å². The van der Waals surface area contributed by atoms with Gasteiger partial charge in [-0.15, -0.1) is 0 Å². The van der Waals surface area contributed by atoms with E-state index < -0.39 is 35.5 Å². The number of rotatable bonds is 4. The highest BCUT2D eigenvalue weighted by atomic mass is 16.5.